The number of rotatable bonds is 4. The van der Waals surface area contributed by atoms with Gasteiger partial charge in [0, 0.05) is 37.6 Å². The molecule has 0 saturated heterocycles. The summed E-state index contributed by atoms with van der Waals surface area (Å²) in [5.41, 5.74) is 3.86. The van der Waals surface area contributed by atoms with E-state index in [-0.39, 0.29) is 11.7 Å². The molecular formula is C21H17N3O2S. The van der Waals surface area contributed by atoms with Crippen LogP contribution in [0.4, 0.5) is 5.69 Å². The van der Waals surface area contributed by atoms with Gasteiger partial charge >= 0.3 is 0 Å². The van der Waals surface area contributed by atoms with Gasteiger partial charge in [0.1, 0.15) is 5.65 Å². The van der Waals surface area contributed by atoms with E-state index in [2.05, 4.69) is 4.98 Å². The predicted octanol–water partition coefficient (Wildman–Crippen LogP) is 4.28. The van der Waals surface area contributed by atoms with Crippen molar-refractivity contribution in [3.05, 3.63) is 76.7 Å². The molecule has 0 fully saturated rings. The van der Waals surface area contributed by atoms with Crippen LogP contribution in [-0.4, -0.2) is 28.1 Å². The zero-order valence-corrected chi connectivity index (χ0v) is 15.7. The fraction of sp³-hybridized carbons (Fsp3) is 0.0952. The van der Waals surface area contributed by atoms with Gasteiger partial charge < -0.3 is 9.30 Å². The number of aromatic nitrogens is 2. The molecule has 0 aliphatic rings. The summed E-state index contributed by atoms with van der Waals surface area (Å²) in [6, 6.07) is 15.1. The molecule has 0 bridgehead atoms. The molecule has 0 N–H and O–H groups in total. The van der Waals surface area contributed by atoms with Gasteiger partial charge in [-0.1, -0.05) is 18.2 Å². The Bertz CT molecular complexity index is 1150. The minimum atomic E-state index is -0.0307. The first-order chi connectivity index (χ1) is 13.1. The van der Waals surface area contributed by atoms with E-state index in [9.17, 15) is 9.59 Å². The maximum atomic E-state index is 12.8. The Kier molecular flexibility index (Phi) is 4.33. The molecule has 0 radical (unpaired) electrons. The Balaban J connectivity index is 1.82. The van der Waals surface area contributed by atoms with Crippen LogP contribution in [0.3, 0.4) is 0 Å². The average molecular weight is 375 g/mol. The number of nitrogens with zero attached hydrogens (tertiary/aromatic N) is 3. The zero-order valence-electron chi connectivity index (χ0n) is 14.9. The average Bonchev–Trinajstić information content (AvgIpc) is 3.36. The standard InChI is InChI=1S/C21H17N3O2S/c1-14(25)23(2)16-6-3-5-15(13-16)18-8-10-22-21-17(9-11-24(18)21)20(26)19-7-4-12-27-19/h3-13H,1-2H3. The first kappa shape index (κ1) is 17.2. The lowest BCUT2D eigenvalue weighted by atomic mass is 10.1. The highest BCUT2D eigenvalue weighted by Crippen LogP contribution is 2.27. The van der Waals surface area contributed by atoms with Crippen LogP contribution >= 0.6 is 11.3 Å². The van der Waals surface area contributed by atoms with Crippen molar-refractivity contribution in [2.45, 2.75) is 6.92 Å². The Hall–Kier alpha value is -3.25. The summed E-state index contributed by atoms with van der Waals surface area (Å²) < 4.78 is 1.91. The molecular weight excluding hydrogens is 358 g/mol. The summed E-state index contributed by atoms with van der Waals surface area (Å²) in [4.78, 5) is 31.2. The molecule has 6 heteroatoms. The van der Waals surface area contributed by atoms with Crippen molar-refractivity contribution < 1.29 is 9.59 Å². The van der Waals surface area contributed by atoms with Gasteiger partial charge in [-0.05, 0) is 35.7 Å². The van der Waals surface area contributed by atoms with Crippen LogP contribution in [0, 0.1) is 0 Å². The number of thiophene rings is 1. The van der Waals surface area contributed by atoms with E-state index in [1.165, 1.54) is 18.3 Å². The summed E-state index contributed by atoms with van der Waals surface area (Å²) in [6.45, 7) is 1.53. The van der Waals surface area contributed by atoms with Crippen LogP contribution in [0.1, 0.15) is 22.2 Å². The van der Waals surface area contributed by atoms with Gasteiger partial charge in [0.15, 0.2) is 0 Å². The largest absolute Gasteiger partial charge is 0.316 e. The number of ketones is 1. The van der Waals surface area contributed by atoms with Gasteiger partial charge in [0.25, 0.3) is 0 Å². The molecule has 0 aliphatic heterocycles. The van der Waals surface area contributed by atoms with Gasteiger partial charge in [-0.2, -0.15) is 0 Å². The minimum Gasteiger partial charge on any atom is -0.316 e. The second-order valence-corrected chi connectivity index (χ2v) is 7.14. The Morgan fingerprint density at radius 3 is 2.70 bits per heavy atom. The highest BCUT2D eigenvalue weighted by molar-refractivity contribution is 7.12. The van der Waals surface area contributed by atoms with Crippen molar-refractivity contribution in [3.63, 3.8) is 0 Å². The van der Waals surface area contributed by atoms with Gasteiger partial charge in [-0.15, -0.1) is 11.3 Å². The van der Waals surface area contributed by atoms with Gasteiger partial charge in [0.05, 0.1) is 16.1 Å². The molecule has 4 rings (SSSR count). The summed E-state index contributed by atoms with van der Waals surface area (Å²) >= 11 is 1.42. The lowest BCUT2D eigenvalue weighted by Gasteiger charge is -2.16. The summed E-state index contributed by atoms with van der Waals surface area (Å²) in [7, 11) is 1.75. The molecule has 4 aromatic rings. The smallest absolute Gasteiger partial charge is 0.223 e. The molecule has 1 aromatic carbocycles. The molecule has 3 heterocycles. The van der Waals surface area contributed by atoms with E-state index in [1.54, 1.807) is 24.2 Å². The predicted molar refractivity (Wildman–Crippen MR) is 107 cm³/mol. The highest BCUT2D eigenvalue weighted by atomic mass is 32.1. The number of carbonyl (C=O) groups is 2. The number of carbonyl (C=O) groups excluding carboxylic acids is 2. The van der Waals surface area contributed by atoms with E-state index in [4.69, 9.17) is 0 Å². The number of benzene rings is 1. The third-order valence-corrected chi connectivity index (χ3v) is 5.41. The van der Waals surface area contributed by atoms with E-state index in [1.807, 2.05) is 58.4 Å². The molecule has 0 atom stereocenters. The van der Waals surface area contributed by atoms with E-state index >= 15 is 0 Å². The van der Waals surface area contributed by atoms with E-state index in [0.717, 1.165) is 16.9 Å². The molecule has 5 nitrogen and oxygen atoms in total. The van der Waals surface area contributed by atoms with Gasteiger partial charge in [-0.25, -0.2) is 4.98 Å². The molecule has 0 spiro atoms. The van der Waals surface area contributed by atoms with Gasteiger partial charge in [-0.3, -0.25) is 9.59 Å². The second kappa shape index (κ2) is 6.81. The normalized spacial score (nSPS) is 10.9. The number of amides is 1. The number of hydrogen-bond donors (Lipinski definition) is 0. The highest BCUT2D eigenvalue weighted by Gasteiger charge is 2.17. The first-order valence-corrected chi connectivity index (χ1v) is 9.33. The quantitative estimate of drug-likeness (QED) is 0.500. The van der Waals surface area contributed by atoms with Crippen molar-refractivity contribution in [2.75, 3.05) is 11.9 Å². The maximum absolute atomic E-state index is 12.8. The molecule has 3 aromatic heterocycles. The van der Waals surface area contributed by atoms with Crippen molar-refractivity contribution in [1.29, 1.82) is 0 Å². The summed E-state index contributed by atoms with van der Waals surface area (Å²) in [5, 5.41) is 1.89. The molecule has 0 aliphatic carbocycles. The van der Waals surface area contributed by atoms with Crippen LogP contribution < -0.4 is 4.90 Å². The Labute approximate surface area is 160 Å². The summed E-state index contributed by atoms with van der Waals surface area (Å²) in [6.07, 6.45) is 3.57. The van der Waals surface area contributed by atoms with Crippen LogP contribution in [0.2, 0.25) is 0 Å². The summed E-state index contributed by atoms with van der Waals surface area (Å²) in [5.74, 6) is -0.0565. The van der Waals surface area contributed by atoms with Crippen molar-refractivity contribution in [2.24, 2.45) is 0 Å². The SMILES string of the molecule is CC(=O)N(C)c1cccc(-c2ccnc3c(C(=O)c4cccs4)ccn23)c1. The molecule has 0 unspecified atom stereocenters. The third-order valence-electron chi connectivity index (χ3n) is 4.54. The van der Waals surface area contributed by atoms with Crippen LogP contribution in [0.15, 0.2) is 66.3 Å². The van der Waals surface area contributed by atoms with Crippen LogP contribution in [0.25, 0.3) is 16.9 Å². The van der Waals surface area contributed by atoms with Crippen LogP contribution in [0.5, 0.6) is 0 Å². The second-order valence-electron chi connectivity index (χ2n) is 6.19. The topological polar surface area (TPSA) is 54.7 Å². The fourth-order valence-electron chi connectivity index (χ4n) is 3.02. The zero-order chi connectivity index (χ0) is 19.0. The fourth-order valence-corrected chi connectivity index (χ4v) is 3.70. The minimum absolute atomic E-state index is 0.0257. The van der Waals surface area contributed by atoms with E-state index in [0.29, 0.717) is 16.1 Å². The number of anilines is 1. The number of hydrogen-bond acceptors (Lipinski definition) is 4. The molecule has 0 saturated carbocycles. The lowest BCUT2D eigenvalue weighted by Crippen LogP contribution is -2.22. The van der Waals surface area contributed by atoms with Crippen molar-refractivity contribution in [3.8, 4) is 11.3 Å². The monoisotopic (exact) mass is 375 g/mol. The molecule has 134 valence electrons. The first-order valence-electron chi connectivity index (χ1n) is 8.45. The lowest BCUT2D eigenvalue weighted by molar-refractivity contribution is -0.116. The van der Waals surface area contributed by atoms with Crippen LogP contribution in [-0.2, 0) is 4.79 Å². The Morgan fingerprint density at radius 1 is 1.11 bits per heavy atom. The van der Waals surface area contributed by atoms with E-state index < -0.39 is 0 Å². The third kappa shape index (κ3) is 3.04. The van der Waals surface area contributed by atoms with Gasteiger partial charge in [0.2, 0.25) is 11.7 Å². The maximum Gasteiger partial charge on any atom is 0.223 e. The Morgan fingerprint density at radius 2 is 1.96 bits per heavy atom. The van der Waals surface area contributed by atoms with Crippen molar-refractivity contribution >= 4 is 34.4 Å². The molecule has 27 heavy (non-hydrogen) atoms. The molecule has 1 amide bonds. The number of fused-ring (bicyclic) bond motifs is 1. The van der Waals surface area contributed by atoms with Crippen molar-refractivity contribution in [1.82, 2.24) is 9.38 Å².